The highest BCUT2D eigenvalue weighted by Crippen LogP contribution is 2.37. The Hall–Kier alpha value is -1.70. The lowest BCUT2D eigenvalue weighted by Crippen LogP contribution is -2.31. The topological polar surface area (TPSA) is 59.0 Å². The summed E-state index contributed by atoms with van der Waals surface area (Å²) in [6, 6.07) is 17.3. The van der Waals surface area contributed by atoms with Gasteiger partial charge >= 0.3 is 0 Å². The van der Waals surface area contributed by atoms with Crippen LogP contribution >= 0.6 is 15.9 Å². The third kappa shape index (κ3) is 5.26. The third-order valence-corrected chi connectivity index (χ3v) is 9.52. The van der Waals surface area contributed by atoms with Gasteiger partial charge in [-0.2, -0.15) is 5.10 Å². The van der Waals surface area contributed by atoms with E-state index in [1.165, 1.54) is 0 Å². The van der Waals surface area contributed by atoms with Gasteiger partial charge in [0.2, 0.25) is 0 Å². The van der Waals surface area contributed by atoms with Crippen molar-refractivity contribution in [2.24, 2.45) is 11.0 Å². The van der Waals surface area contributed by atoms with Crippen molar-refractivity contribution in [3.63, 3.8) is 0 Å². The number of methoxy groups -OCH3 is 1. The van der Waals surface area contributed by atoms with Crippen LogP contribution in [-0.4, -0.2) is 50.7 Å². The van der Waals surface area contributed by atoms with E-state index >= 15 is 0 Å². The van der Waals surface area contributed by atoms with Crippen molar-refractivity contribution >= 4 is 31.5 Å². The SMILES string of the molecule is COC[C@@H]1CCCN1/N=C(/C[C@H]1CCC[C@@H]1S(=O)(=O)c1ccccc1)c1ccc(Br)cc1. The number of rotatable bonds is 8. The Morgan fingerprint density at radius 2 is 1.81 bits per heavy atom. The monoisotopic (exact) mass is 518 g/mol. The van der Waals surface area contributed by atoms with Crippen LogP contribution in [0.2, 0.25) is 0 Å². The van der Waals surface area contributed by atoms with Crippen LogP contribution in [-0.2, 0) is 14.6 Å². The lowest BCUT2D eigenvalue weighted by molar-refractivity contribution is 0.117. The van der Waals surface area contributed by atoms with Gasteiger partial charge in [-0.3, -0.25) is 5.01 Å². The Morgan fingerprint density at radius 3 is 2.53 bits per heavy atom. The van der Waals surface area contributed by atoms with Gasteiger partial charge < -0.3 is 4.74 Å². The first-order chi connectivity index (χ1) is 15.5. The summed E-state index contributed by atoms with van der Waals surface area (Å²) in [4.78, 5) is 0.429. The highest BCUT2D eigenvalue weighted by atomic mass is 79.9. The highest BCUT2D eigenvalue weighted by Gasteiger charge is 2.39. The molecule has 0 unspecified atom stereocenters. The average Bonchev–Trinajstić information content (AvgIpc) is 3.45. The molecule has 172 valence electrons. The van der Waals surface area contributed by atoms with Crippen molar-refractivity contribution in [1.82, 2.24) is 5.01 Å². The lowest BCUT2D eigenvalue weighted by Gasteiger charge is -2.25. The highest BCUT2D eigenvalue weighted by molar-refractivity contribution is 9.10. The Bertz CT molecular complexity index is 1020. The van der Waals surface area contributed by atoms with E-state index in [4.69, 9.17) is 9.84 Å². The number of ether oxygens (including phenoxy) is 1. The van der Waals surface area contributed by atoms with Crippen LogP contribution in [0.4, 0.5) is 0 Å². The van der Waals surface area contributed by atoms with E-state index in [2.05, 4.69) is 33.1 Å². The second-order valence-corrected chi connectivity index (χ2v) is 11.8. The van der Waals surface area contributed by atoms with Gasteiger partial charge in [0.25, 0.3) is 0 Å². The van der Waals surface area contributed by atoms with Gasteiger partial charge in [-0.15, -0.1) is 0 Å². The summed E-state index contributed by atoms with van der Waals surface area (Å²) in [5, 5.41) is 6.88. The molecule has 2 aromatic rings. The maximum Gasteiger partial charge on any atom is 0.181 e. The van der Waals surface area contributed by atoms with Crippen molar-refractivity contribution in [3.05, 3.63) is 64.6 Å². The zero-order valence-corrected chi connectivity index (χ0v) is 20.9. The molecule has 1 heterocycles. The molecule has 2 aliphatic rings. The fourth-order valence-corrected chi connectivity index (χ4v) is 7.37. The van der Waals surface area contributed by atoms with Gasteiger partial charge in [0.05, 0.1) is 28.5 Å². The van der Waals surface area contributed by atoms with E-state index in [1.807, 2.05) is 18.2 Å². The number of halogens is 1. The predicted octanol–water partition coefficient (Wildman–Crippen LogP) is 5.30. The first-order valence-electron chi connectivity index (χ1n) is 11.4. The van der Waals surface area contributed by atoms with E-state index in [0.717, 1.165) is 48.0 Å². The minimum Gasteiger partial charge on any atom is -0.382 e. The Balaban J connectivity index is 1.63. The maximum absolute atomic E-state index is 13.4. The van der Waals surface area contributed by atoms with Gasteiger partial charge in [0, 0.05) is 18.1 Å². The molecular weight excluding hydrogens is 488 g/mol. The van der Waals surface area contributed by atoms with Crippen LogP contribution in [0.25, 0.3) is 0 Å². The second-order valence-electron chi connectivity index (χ2n) is 8.76. The molecule has 1 aliphatic carbocycles. The molecule has 0 amide bonds. The molecule has 4 rings (SSSR count). The number of hydrogen-bond acceptors (Lipinski definition) is 5. The summed E-state index contributed by atoms with van der Waals surface area (Å²) in [6.45, 7) is 1.57. The van der Waals surface area contributed by atoms with Crippen LogP contribution in [0.5, 0.6) is 0 Å². The van der Waals surface area contributed by atoms with E-state index in [0.29, 0.717) is 24.3 Å². The molecule has 0 bridgehead atoms. The van der Waals surface area contributed by atoms with Gasteiger partial charge in [0.15, 0.2) is 9.84 Å². The largest absolute Gasteiger partial charge is 0.382 e. The van der Waals surface area contributed by atoms with Crippen LogP contribution in [0, 0.1) is 5.92 Å². The molecule has 0 N–H and O–H groups in total. The number of hydrazone groups is 1. The predicted molar refractivity (Wildman–Crippen MR) is 132 cm³/mol. The van der Waals surface area contributed by atoms with Crippen LogP contribution in [0.15, 0.2) is 69.1 Å². The molecule has 2 fully saturated rings. The number of nitrogens with zero attached hydrogens (tertiary/aromatic N) is 2. The quantitative estimate of drug-likeness (QED) is 0.445. The summed E-state index contributed by atoms with van der Waals surface area (Å²) in [6.07, 6.45) is 5.39. The van der Waals surface area contributed by atoms with Crippen LogP contribution < -0.4 is 0 Å². The second kappa shape index (κ2) is 10.5. The molecule has 0 spiro atoms. The maximum atomic E-state index is 13.4. The standard InChI is InChI=1S/C25H31BrN2O3S/c1-31-18-22-8-6-16-28(22)27-24(19-12-14-21(26)15-13-19)17-20-7-5-11-25(20)32(29,30)23-9-3-2-4-10-23/h2-4,9-10,12-15,20,22,25H,5-8,11,16-18H2,1H3/b27-24-/t20-,22+,25+/m1/s1. The minimum absolute atomic E-state index is 0.0612. The van der Waals surface area contributed by atoms with Crippen LogP contribution in [0.3, 0.4) is 0 Å². The summed E-state index contributed by atoms with van der Waals surface area (Å²) >= 11 is 3.52. The number of benzene rings is 2. The fourth-order valence-electron chi connectivity index (χ4n) is 5.01. The average molecular weight is 520 g/mol. The van der Waals surface area contributed by atoms with Crippen molar-refractivity contribution in [1.29, 1.82) is 0 Å². The molecule has 1 aliphatic heterocycles. The Labute approximate surface area is 199 Å². The molecule has 0 radical (unpaired) electrons. The fraction of sp³-hybridized carbons (Fsp3) is 0.480. The molecule has 1 saturated carbocycles. The molecule has 1 saturated heterocycles. The molecule has 7 heteroatoms. The van der Waals surface area contributed by atoms with E-state index in [1.54, 1.807) is 31.4 Å². The van der Waals surface area contributed by atoms with Crippen LogP contribution in [0.1, 0.15) is 44.1 Å². The zero-order valence-electron chi connectivity index (χ0n) is 18.5. The first-order valence-corrected chi connectivity index (χ1v) is 13.7. The molecule has 3 atom stereocenters. The smallest absolute Gasteiger partial charge is 0.181 e. The summed E-state index contributed by atoms with van der Waals surface area (Å²) in [5.41, 5.74) is 2.03. The third-order valence-electron chi connectivity index (χ3n) is 6.65. The summed E-state index contributed by atoms with van der Waals surface area (Å²) < 4.78 is 33.3. The molecule has 5 nitrogen and oxygen atoms in total. The number of hydrogen-bond donors (Lipinski definition) is 0. The molecule has 0 aromatic heterocycles. The van der Waals surface area contributed by atoms with Crippen molar-refractivity contribution in [3.8, 4) is 0 Å². The van der Waals surface area contributed by atoms with Gasteiger partial charge in [-0.05, 0) is 67.9 Å². The van der Waals surface area contributed by atoms with E-state index in [-0.39, 0.29) is 17.2 Å². The van der Waals surface area contributed by atoms with E-state index in [9.17, 15) is 8.42 Å². The van der Waals surface area contributed by atoms with Gasteiger partial charge in [-0.1, -0.05) is 52.7 Å². The van der Waals surface area contributed by atoms with E-state index < -0.39 is 9.84 Å². The Morgan fingerprint density at radius 1 is 1.06 bits per heavy atom. The Kier molecular flexibility index (Phi) is 7.69. The van der Waals surface area contributed by atoms with Gasteiger partial charge in [0.1, 0.15) is 0 Å². The zero-order chi connectivity index (χ0) is 22.6. The summed E-state index contributed by atoms with van der Waals surface area (Å²) in [7, 11) is -1.64. The molecule has 2 aromatic carbocycles. The molecule has 32 heavy (non-hydrogen) atoms. The molecular formula is C25H31BrN2O3S. The first kappa shape index (κ1) is 23.5. The minimum atomic E-state index is -3.37. The normalized spacial score (nSPS) is 24.2. The number of sulfone groups is 1. The van der Waals surface area contributed by atoms with Crippen molar-refractivity contribution in [2.75, 3.05) is 20.3 Å². The van der Waals surface area contributed by atoms with Gasteiger partial charge in [-0.25, -0.2) is 8.42 Å². The van der Waals surface area contributed by atoms with Crippen molar-refractivity contribution < 1.29 is 13.2 Å². The van der Waals surface area contributed by atoms with Crippen molar-refractivity contribution in [2.45, 2.75) is 54.7 Å². The lowest BCUT2D eigenvalue weighted by atomic mass is 9.96. The summed E-state index contributed by atoms with van der Waals surface area (Å²) in [5.74, 6) is 0.0612.